The van der Waals surface area contributed by atoms with Gasteiger partial charge in [0, 0.05) is 17.8 Å². The van der Waals surface area contributed by atoms with Crippen molar-refractivity contribution in [2.24, 2.45) is 0 Å². The number of pyridine rings is 1. The largest absolute Gasteiger partial charge is 0.473 e. The van der Waals surface area contributed by atoms with Gasteiger partial charge in [0.05, 0.1) is 0 Å². The molecule has 0 N–H and O–H groups in total. The van der Waals surface area contributed by atoms with Gasteiger partial charge in [-0.15, -0.1) is 6.42 Å². The Morgan fingerprint density at radius 2 is 1.94 bits per heavy atom. The molecule has 0 amide bonds. The summed E-state index contributed by atoms with van der Waals surface area (Å²) < 4.78 is 5.51. The molecule has 16 heavy (non-hydrogen) atoms. The van der Waals surface area contributed by atoms with Crippen LogP contribution in [0.5, 0.6) is 5.88 Å². The van der Waals surface area contributed by atoms with Gasteiger partial charge in [-0.2, -0.15) is 0 Å². The summed E-state index contributed by atoms with van der Waals surface area (Å²) in [5.74, 6) is 3.10. The third-order valence-electron chi connectivity index (χ3n) is 2.13. The minimum Gasteiger partial charge on any atom is -0.473 e. The lowest BCUT2D eigenvalue weighted by atomic mass is 10.2. The standard InChI is InChI=1S/C14H11NO/c1-2-12-8-9-14(15-10-12)16-11-13-6-4-3-5-7-13/h1,3-10H,11H2. The zero-order valence-corrected chi connectivity index (χ0v) is 8.76. The highest BCUT2D eigenvalue weighted by Crippen LogP contribution is 2.09. The van der Waals surface area contributed by atoms with E-state index >= 15 is 0 Å². The quantitative estimate of drug-likeness (QED) is 0.725. The van der Waals surface area contributed by atoms with Gasteiger partial charge < -0.3 is 4.74 Å². The Kier molecular flexibility index (Phi) is 3.20. The summed E-state index contributed by atoms with van der Waals surface area (Å²) in [4.78, 5) is 4.10. The number of hydrogen-bond donors (Lipinski definition) is 0. The summed E-state index contributed by atoms with van der Waals surface area (Å²) in [7, 11) is 0. The van der Waals surface area contributed by atoms with Crippen LogP contribution in [0.3, 0.4) is 0 Å². The Hall–Kier alpha value is -2.27. The van der Waals surface area contributed by atoms with Gasteiger partial charge >= 0.3 is 0 Å². The molecule has 0 fully saturated rings. The van der Waals surface area contributed by atoms with Crippen LogP contribution in [-0.2, 0) is 6.61 Å². The van der Waals surface area contributed by atoms with Crippen LogP contribution in [0.15, 0.2) is 48.7 Å². The van der Waals surface area contributed by atoms with Gasteiger partial charge in [-0.05, 0) is 11.6 Å². The lowest BCUT2D eigenvalue weighted by molar-refractivity contribution is 0.294. The van der Waals surface area contributed by atoms with Crippen LogP contribution in [0, 0.1) is 12.3 Å². The van der Waals surface area contributed by atoms with E-state index in [1.54, 1.807) is 12.3 Å². The molecule has 0 saturated carbocycles. The Morgan fingerprint density at radius 1 is 1.12 bits per heavy atom. The van der Waals surface area contributed by atoms with Crippen LogP contribution in [0.25, 0.3) is 0 Å². The number of ether oxygens (including phenoxy) is 1. The molecule has 0 aliphatic rings. The summed E-state index contributed by atoms with van der Waals surface area (Å²) in [5, 5.41) is 0. The lowest BCUT2D eigenvalue weighted by Crippen LogP contribution is -1.96. The third kappa shape index (κ3) is 2.61. The monoisotopic (exact) mass is 209 g/mol. The maximum absolute atomic E-state index is 5.51. The highest BCUT2D eigenvalue weighted by molar-refractivity contribution is 5.31. The zero-order valence-electron chi connectivity index (χ0n) is 8.76. The second-order valence-electron chi connectivity index (χ2n) is 3.30. The SMILES string of the molecule is C#Cc1ccc(OCc2ccccc2)nc1. The maximum atomic E-state index is 5.51. The van der Waals surface area contributed by atoms with E-state index in [0.717, 1.165) is 11.1 Å². The normalized spacial score (nSPS) is 9.44. The maximum Gasteiger partial charge on any atom is 0.213 e. The molecule has 0 radical (unpaired) electrons. The van der Waals surface area contributed by atoms with Crippen LogP contribution >= 0.6 is 0 Å². The van der Waals surface area contributed by atoms with E-state index in [4.69, 9.17) is 11.2 Å². The van der Waals surface area contributed by atoms with Crippen molar-refractivity contribution in [3.63, 3.8) is 0 Å². The van der Waals surface area contributed by atoms with Crippen molar-refractivity contribution >= 4 is 0 Å². The van der Waals surface area contributed by atoms with Crippen molar-refractivity contribution in [3.05, 3.63) is 59.8 Å². The summed E-state index contributed by atoms with van der Waals surface area (Å²) >= 11 is 0. The van der Waals surface area contributed by atoms with Gasteiger partial charge in [0.15, 0.2) is 0 Å². The fraction of sp³-hybridized carbons (Fsp3) is 0.0714. The van der Waals surface area contributed by atoms with Crippen LogP contribution < -0.4 is 4.74 Å². The molecule has 0 saturated heterocycles. The van der Waals surface area contributed by atoms with E-state index in [9.17, 15) is 0 Å². The second kappa shape index (κ2) is 4.99. The molecular weight excluding hydrogens is 198 g/mol. The van der Waals surface area contributed by atoms with E-state index in [1.165, 1.54) is 0 Å². The number of nitrogens with zero attached hydrogens (tertiary/aromatic N) is 1. The molecule has 2 heteroatoms. The summed E-state index contributed by atoms with van der Waals surface area (Å²) in [5.41, 5.74) is 1.87. The second-order valence-corrected chi connectivity index (χ2v) is 3.30. The van der Waals surface area contributed by atoms with Crippen molar-refractivity contribution in [3.8, 4) is 18.2 Å². The van der Waals surface area contributed by atoms with Crippen molar-refractivity contribution in [2.75, 3.05) is 0 Å². The molecule has 1 aromatic carbocycles. The molecule has 2 nitrogen and oxygen atoms in total. The van der Waals surface area contributed by atoms with Crippen molar-refractivity contribution < 1.29 is 4.74 Å². The Balaban J connectivity index is 1.98. The average Bonchev–Trinajstić information content (AvgIpc) is 2.38. The molecule has 2 rings (SSSR count). The fourth-order valence-corrected chi connectivity index (χ4v) is 1.28. The van der Waals surface area contributed by atoms with E-state index < -0.39 is 0 Å². The molecule has 0 aliphatic carbocycles. The molecule has 0 bridgehead atoms. The van der Waals surface area contributed by atoms with Gasteiger partial charge in [0.2, 0.25) is 5.88 Å². The van der Waals surface area contributed by atoms with Gasteiger partial charge in [-0.25, -0.2) is 4.98 Å². The Labute approximate surface area is 94.9 Å². The summed E-state index contributed by atoms with van der Waals surface area (Å²) in [6, 6.07) is 13.5. The van der Waals surface area contributed by atoms with Gasteiger partial charge in [-0.3, -0.25) is 0 Å². The van der Waals surface area contributed by atoms with Gasteiger partial charge in [-0.1, -0.05) is 36.3 Å². The van der Waals surface area contributed by atoms with Crippen LogP contribution in [0.4, 0.5) is 0 Å². The summed E-state index contributed by atoms with van der Waals surface area (Å²) in [6.45, 7) is 0.517. The molecular formula is C14H11NO. The van der Waals surface area contributed by atoms with Crippen LogP contribution in [0.2, 0.25) is 0 Å². The molecule has 0 unspecified atom stereocenters. The van der Waals surface area contributed by atoms with E-state index in [2.05, 4.69) is 10.9 Å². The zero-order chi connectivity index (χ0) is 11.2. The lowest BCUT2D eigenvalue weighted by Gasteiger charge is -2.04. The Morgan fingerprint density at radius 3 is 2.56 bits per heavy atom. The van der Waals surface area contributed by atoms with Crippen molar-refractivity contribution in [1.29, 1.82) is 0 Å². The smallest absolute Gasteiger partial charge is 0.213 e. The summed E-state index contributed by atoms with van der Waals surface area (Å²) in [6.07, 6.45) is 6.86. The average molecular weight is 209 g/mol. The molecule has 0 spiro atoms. The Bertz CT molecular complexity index is 482. The topological polar surface area (TPSA) is 22.1 Å². The molecule has 1 aromatic heterocycles. The van der Waals surface area contributed by atoms with Gasteiger partial charge in [0.1, 0.15) is 6.61 Å². The van der Waals surface area contributed by atoms with Crippen molar-refractivity contribution in [2.45, 2.75) is 6.61 Å². The fourth-order valence-electron chi connectivity index (χ4n) is 1.28. The number of hydrogen-bond acceptors (Lipinski definition) is 2. The number of rotatable bonds is 3. The third-order valence-corrected chi connectivity index (χ3v) is 2.13. The van der Waals surface area contributed by atoms with Gasteiger partial charge in [0.25, 0.3) is 0 Å². The van der Waals surface area contributed by atoms with Crippen LogP contribution in [-0.4, -0.2) is 4.98 Å². The molecule has 2 aromatic rings. The predicted octanol–water partition coefficient (Wildman–Crippen LogP) is 2.64. The minimum absolute atomic E-state index is 0.517. The first-order valence-electron chi connectivity index (χ1n) is 4.98. The van der Waals surface area contributed by atoms with E-state index in [0.29, 0.717) is 12.5 Å². The number of benzene rings is 1. The molecule has 0 atom stereocenters. The first-order valence-corrected chi connectivity index (χ1v) is 4.98. The molecule has 78 valence electrons. The highest BCUT2D eigenvalue weighted by Gasteiger charge is 1.96. The highest BCUT2D eigenvalue weighted by atomic mass is 16.5. The van der Waals surface area contributed by atoms with Crippen LogP contribution in [0.1, 0.15) is 11.1 Å². The first-order chi connectivity index (χ1) is 7.88. The number of terminal acetylenes is 1. The molecule has 1 heterocycles. The van der Waals surface area contributed by atoms with E-state index in [1.807, 2.05) is 36.4 Å². The minimum atomic E-state index is 0.517. The first kappa shape index (κ1) is 10.3. The van der Waals surface area contributed by atoms with E-state index in [-0.39, 0.29) is 0 Å². The number of aromatic nitrogens is 1. The van der Waals surface area contributed by atoms with Crippen molar-refractivity contribution in [1.82, 2.24) is 4.98 Å². The predicted molar refractivity (Wildman–Crippen MR) is 62.9 cm³/mol. The molecule has 0 aliphatic heterocycles.